The van der Waals surface area contributed by atoms with Crippen molar-refractivity contribution >= 4 is 0 Å². The number of rotatable bonds is 1. The van der Waals surface area contributed by atoms with Gasteiger partial charge in [0.05, 0.1) is 0 Å². The van der Waals surface area contributed by atoms with E-state index < -0.39 is 0 Å². The van der Waals surface area contributed by atoms with Crippen molar-refractivity contribution in [3.63, 3.8) is 0 Å². The van der Waals surface area contributed by atoms with E-state index in [2.05, 4.69) is 15.7 Å². The summed E-state index contributed by atoms with van der Waals surface area (Å²) in [7, 11) is 0. The second-order valence-electron chi connectivity index (χ2n) is 4.68. The number of nitrogens with zero attached hydrogens (tertiary/aromatic N) is 2. The van der Waals surface area contributed by atoms with Gasteiger partial charge in [-0.2, -0.15) is 0 Å². The highest BCUT2D eigenvalue weighted by atomic mass is 19.1. The maximum atomic E-state index is 13.2. The zero-order valence-electron chi connectivity index (χ0n) is 9.78. The standard InChI is InChI=1S/C14H14FN2/c1-10-8-11(2-4-13(10)15)12-3-5-14-16-6-7-17(14)9-12/h2,4,7-8,12H,3,5,9H2,1H3. The van der Waals surface area contributed by atoms with Crippen LogP contribution in [0.5, 0.6) is 0 Å². The van der Waals surface area contributed by atoms with Gasteiger partial charge in [-0.15, -0.1) is 0 Å². The van der Waals surface area contributed by atoms with Crippen LogP contribution in [0.4, 0.5) is 4.39 Å². The molecule has 1 aromatic heterocycles. The van der Waals surface area contributed by atoms with Crippen molar-refractivity contribution in [1.29, 1.82) is 0 Å². The second-order valence-corrected chi connectivity index (χ2v) is 4.68. The van der Waals surface area contributed by atoms with Crippen LogP contribution in [0.25, 0.3) is 0 Å². The van der Waals surface area contributed by atoms with Crippen LogP contribution in [0.3, 0.4) is 0 Å². The number of hydrogen-bond acceptors (Lipinski definition) is 1. The van der Waals surface area contributed by atoms with Crippen LogP contribution in [-0.2, 0) is 13.0 Å². The summed E-state index contributed by atoms with van der Waals surface area (Å²) in [5.74, 6) is 1.45. The number of imidazole rings is 1. The number of fused-ring (bicyclic) bond motifs is 1. The van der Waals surface area contributed by atoms with Crippen LogP contribution in [0.2, 0.25) is 0 Å². The predicted molar refractivity (Wildman–Crippen MR) is 63.3 cm³/mol. The molecule has 1 aromatic carbocycles. The first-order chi connectivity index (χ1) is 8.24. The molecule has 0 saturated heterocycles. The number of aromatic nitrogens is 2. The van der Waals surface area contributed by atoms with Crippen molar-refractivity contribution < 1.29 is 4.39 Å². The van der Waals surface area contributed by atoms with Crippen molar-refractivity contribution in [2.24, 2.45) is 0 Å². The number of benzene rings is 1. The minimum absolute atomic E-state index is 0.124. The summed E-state index contributed by atoms with van der Waals surface area (Å²) >= 11 is 0. The van der Waals surface area contributed by atoms with Crippen molar-refractivity contribution in [2.75, 3.05) is 0 Å². The van der Waals surface area contributed by atoms with Gasteiger partial charge in [0.25, 0.3) is 0 Å². The van der Waals surface area contributed by atoms with E-state index in [9.17, 15) is 4.39 Å². The molecule has 17 heavy (non-hydrogen) atoms. The van der Waals surface area contributed by atoms with Crippen molar-refractivity contribution in [3.05, 3.63) is 53.4 Å². The molecule has 3 rings (SSSR count). The van der Waals surface area contributed by atoms with Crippen LogP contribution in [0.1, 0.15) is 29.3 Å². The van der Waals surface area contributed by atoms with Crippen molar-refractivity contribution in [3.8, 4) is 0 Å². The Morgan fingerprint density at radius 2 is 2.35 bits per heavy atom. The molecule has 0 N–H and O–H groups in total. The zero-order chi connectivity index (χ0) is 11.8. The fraction of sp³-hybridized carbons (Fsp3) is 0.357. The van der Waals surface area contributed by atoms with Crippen molar-refractivity contribution in [2.45, 2.75) is 32.2 Å². The molecule has 0 amide bonds. The Kier molecular flexibility index (Phi) is 2.46. The average molecular weight is 229 g/mol. The third-order valence-electron chi connectivity index (χ3n) is 3.53. The monoisotopic (exact) mass is 229 g/mol. The number of halogens is 1. The molecular weight excluding hydrogens is 215 g/mol. The molecular formula is C14H14FN2. The Morgan fingerprint density at radius 1 is 1.47 bits per heavy atom. The Hall–Kier alpha value is -1.64. The van der Waals surface area contributed by atoms with Gasteiger partial charge in [0.15, 0.2) is 0 Å². The van der Waals surface area contributed by atoms with Crippen LogP contribution in [0.15, 0.2) is 24.4 Å². The van der Waals surface area contributed by atoms with Gasteiger partial charge in [0, 0.05) is 25.1 Å². The Bertz CT molecular complexity index is 545. The summed E-state index contributed by atoms with van der Waals surface area (Å²) in [5, 5.41) is 0. The van der Waals surface area contributed by atoms with Gasteiger partial charge < -0.3 is 4.57 Å². The van der Waals surface area contributed by atoms with Gasteiger partial charge in [-0.3, -0.25) is 0 Å². The molecule has 2 nitrogen and oxygen atoms in total. The van der Waals surface area contributed by atoms with Crippen molar-refractivity contribution in [1.82, 2.24) is 9.55 Å². The quantitative estimate of drug-likeness (QED) is 0.735. The van der Waals surface area contributed by atoms with Crippen LogP contribution in [-0.4, -0.2) is 9.55 Å². The lowest BCUT2D eigenvalue weighted by Gasteiger charge is -2.24. The Morgan fingerprint density at radius 3 is 3.18 bits per heavy atom. The topological polar surface area (TPSA) is 17.8 Å². The molecule has 0 fully saturated rings. The molecule has 0 saturated carbocycles. The fourth-order valence-corrected chi connectivity index (χ4v) is 2.50. The van der Waals surface area contributed by atoms with Gasteiger partial charge in [-0.1, -0.05) is 12.1 Å². The van der Waals surface area contributed by atoms with Gasteiger partial charge in [-0.05, 0) is 30.5 Å². The molecule has 0 spiro atoms. The average Bonchev–Trinajstić information content (AvgIpc) is 2.79. The molecule has 2 heterocycles. The minimum Gasteiger partial charge on any atom is -0.334 e. The molecule has 3 heteroatoms. The first-order valence-corrected chi connectivity index (χ1v) is 5.92. The second kappa shape index (κ2) is 3.99. The van der Waals surface area contributed by atoms with Crippen LogP contribution >= 0.6 is 0 Å². The largest absolute Gasteiger partial charge is 0.334 e. The Labute approximate surface area is 100 Å². The normalized spacial score (nSPS) is 19.1. The van der Waals surface area contributed by atoms with E-state index in [4.69, 9.17) is 0 Å². The molecule has 1 aliphatic rings. The van der Waals surface area contributed by atoms with E-state index >= 15 is 0 Å². The van der Waals surface area contributed by atoms with Crippen LogP contribution < -0.4 is 0 Å². The molecule has 2 aromatic rings. The summed E-state index contributed by atoms with van der Waals surface area (Å²) in [6, 6.07) is 5.44. The first kappa shape index (κ1) is 10.5. The van der Waals surface area contributed by atoms with E-state index in [0.29, 0.717) is 5.92 Å². The molecule has 1 radical (unpaired) electrons. The minimum atomic E-state index is -0.124. The SMILES string of the molecule is Cc1cc(C2CCc3n[c]cn3C2)ccc1F. The van der Waals surface area contributed by atoms with E-state index in [1.165, 1.54) is 5.56 Å². The summed E-state index contributed by atoms with van der Waals surface area (Å²) in [6.07, 6.45) is 6.84. The van der Waals surface area contributed by atoms with Gasteiger partial charge in [0.1, 0.15) is 17.8 Å². The molecule has 0 bridgehead atoms. The van der Waals surface area contributed by atoms with E-state index in [1.807, 2.05) is 25.3 Å². The summed E-state index contributed by atoms with van der Waals surface area (Å²) < 4.78 is 15.4. The summed E-state index contributed by atoms with van der Waals surface area (Å²) in [4.78, 5) is 4.19. The lowest BCUT2D eigenvalue weighted by Crippen LogP contribution is -2.18. The molecule has 87 valence electrons. The zero-order valence-corrected chi connectivity index (χ0v) is 9.78. The lowest BCUT2D eigenvalue weighted by molar-refractivity contribution is 0.455. The molecule has 1 unspecified atom stereocenters. The predicted octanol–water partition coefficient (Wildman–Crippen LogP) is 2.86. The molecule has 0 aliphatic carbocycles. The van der Waals surface area contributed by atoms with E-state index in [-0.39, 0.29) is 5.82 Å². The summed E-state index contributed by atoms with van der Waals surface area (Å²) in [5.41, 5.74) is 1.95. The van der Waals surface area contributed by atoms with Gasteiger partial charge >= 0.3 is 0 Å². The van der Waals surface area contributed by atoms with Gasteiger partial charge in [0.2, 0.25) is 0 Å². The Balaban J connectivity index is 1.89. The third-order valence-corrected chi connectivity index (χ3v) is 3.53. The molecule has 1 aliphatic heterocycles. The fourth-order valence-electron chi connectivity index (χ4n) is 2.50. The van der Waals surface area contributed by atoms with Crippen LogP contribution in [0, 0.1) is 18.9 Å². The smallest absolute Gasteiger partial charge is 0.126 e. The first-order valence-electron chi connectivity index (χ1n) is 5.92. The van der Waals surface area contributed by atoms with E-state index in [1.54, 1.807) is 6.07 Å². The summed E-state index contributed by atoms with van der Waals surface area (Å²) in [6.45, 7) is 2.75. The maximum Gasteiger partial charge on any atom is 0.126 e. The number of aryl methyl sites for hydroxylation is 2. The highest BCUT2D eigenvalue weighted by Gasteiger charge is 2.20. The van der Waals surface area contributed by atoms with E-state index in [0.717, 1.165) is 30.8 Å². The van der Waals surface area contributed by atoms with Gasteiger partial charge in [-0.25, -0.2) is 9.37 Å². The highest BCUT2D eigenvalue weighted by molar-refractivity contribution is 5.27. The lowest BCUT2D eigenvalue weighted by atomic mass is 9.90. The highest BCUT2D eigenvalue weighted by Crippen LogP contribution is 2.28. The third kappa shape index (κ3) is 1.86. The maximum absolute atomic E-state index is 13.2. The molecule has 1 atom stereocenters. The number of hydrogen-bond donors (Lipinski definition) is 0.